The van der Waals surface area contributed by atoms with Gasteiger partial charge in [-0.25, -0.2) is 9.78 Å². The topological polar surface area (TPSA) is 62.7 Å². The van der Waals surface area contributed by atoms with E-state index in [0.717, 1.165) is 12.8 Å². The minimum absolute atomic E-state index is 0.0290. The number of aliphatic hydroxyl groups excluding tert-OH is 1. The third-order valence-electron chi connectivity index (χ3n) is 2.92. The summed E-state index contributed by atoms with van der Waals surface area (Å²) in [4.78, 5) is 18.0. The van der Waals surface area contributed by atoms with Gasteiger partial charge in [-0.05, 0) is 12.8 Å². The first-order chi connectivity index (χ1) is 9.08. The number of hydrogen-bond acceptors (Lipinski definition) is 6. The maximum absolute atomic E-state index is 11.5. The molecule has 1 aromatic rings. The summed E-state index contributed by atoms with van der Waals surface area (Å²) in [7, 11) is 1.31. The average Bonchev–Trinajstić information content (AvgIpc) is 2.80. The van der Waals surface area contributed by atoms with Crippen LogP contribution in [0.4, 0.5) is 5.13 Å². The molecule has 0 unspecified atom stereocenters. The summed E-state index contributed by atoms with van der Waals surface area (Å²) in [5.41, 5.74) is 0. The Kier molecular flexibility index (Phi) is 6.54. The summed E-state index contributed by atoms with van der Waals surface area (Å²) in [6.07, 6.45) is 1.86. The van der Waals surface area contributed by atoms with Crippen LogP contribution in [-0.4, -0.2) is 42.4 Å². The van der Waals surface area contributed by atoms with E-state index >= 15 is 0 Å². The highest BCUT2D eigenvalue weighted by Crippen LogP contribution is 2.32. The van der Waals surface area contributed by atoms with Gasteiger partial charge in [0, 0.05) is 12.6 Å². The number of hydrogen-bond donors (Lipinski definition) is 1. The number of aliphatic hydroxyl groups is 1. The van der Waals surface area contributed by atoms with Gasteiger partial charge >= 0.3 is 5.97 Å². The fourth-order valence-corrected chi connectivity index (χ4v) is 3.20. The highest BCUT2D eigenvalue weighted by atomic mass is 35.5. The first-order valence-corrected chi connectivity index (χ1v) is 7.40. The molecular weight excluding hydrogens is 288 g/mol. The quantitative estimate of drug-likeness (QED) is 0.784. The van der Waals surface area contributed by atoms with Crippen molar-refractivity contribution in [2.24, 2.45) is 0 Å². The van der Waals surface area contributed by atoms with Crippen LogP contribution in [-0.2, 0) is 4.74 Å². The van der Waals surface area contributed by atoms with Crippen molar-refractivity contribution in [2.45, 2.75) is 32.7 Å². The van der Waals surface area contributed by atoms with Gasteiger partial charge in [0.25, 0.3) is 0 Å². The van der Waals surface area contributed by atoms with E-state index in [1.54, 1.807) is 0 Å². The van der Waals surface area contributed by atoms with E-state index in [2.05, 4.69) is 23.6 Å². The van der Waals surface area contributed by atoms with E-state index in [1.165, 1.54) is 18.4 Å². The summed E-state index contributed by atoms with van der Waals surface area (Å²) in [6, 6.07) is 0.264. The first kappa shape index (κ1) is 16.2. The molecule has 1 heterocycles. The number of nitrogens with zero attached hydrogens (tertiary/aromatic N) is 2. The van der Waals surface area contributed by atoms with Crippen molar-refractivity contribution >= 4 is 34.0 Å². The monoisotopic (exact) mass is 306 g/mol. The van der Waals surface area contributed by atoms with Crippen LogP contribution in [0.15, 0.2) is 0 Å². The lowest BCUT2D eigenvalue weighted by atomic mass is 10.1. The average molecular weight is 307 g/mol. The van der Waals surface area contributed by atoms with E-state index in [-0.39, 0.29) is 17.8 Å². The van der Waals surface area contributed by atoms with Gasteiger partial charge in [0.2, 0.25) is 0 Å². The minimum atomic E-state index is -0.484. The Morgan fingerprint density at radius 1 is 1.53 bits per heavy atom. The number of halogens is 1. The predicted molar refractivity (Wildman–Crippen MR) is 77.3 cm³/mol. The number of ether oxygens (including phenoxy) is 1. The normalized spacial score (nSPS) is 10.8. The van der Waals surface area contributed by atoms with Crippen molar-refractivity contribution < 1.29 is 14.6 Å². The zero-order valence-electron chi connectivity index (χ0n) is 11.4. The molecule has 19 heavy (non-hydrogen) atoms. The molecule has 0 aromatic carbocycles. The molecule has 0 amide bonds. The highest BCUT2D eigenvalue weighted by Gasteiger charge is 2.23. The Morgan fingerprint density at radius 2 is 2.16 bits per heavy atom. The zero-order valence-corrected chi connectivity index (χ0v) is 12.9. The summed E-state index contributed by atoms with van der Waals surface area (Å²) >= 11 is 7.16. The number of carbonyl (C=O) groups is 1. The Labute approximate surface area is 122 Å². The Hall–Kier alpha value is -0.850. The predicted octanol–water partition coefficient (Wildman–Crippen LogP) is 2.57. The van der Waals surface area contributed by atoms with Crippen LogP contribution in [0.1, 0.15) is 36.4 Å². The molecule has 0 fully saturated rings. The number of aromatic nitrogens is 1. The molecule has 108 valence electrons. The van der Waals surface area contributed by atoms with Gasteiger partial charge < -0.3 is 14.7 Å². The number of methoxy groups -OCH3 is 1. The Balaban J connectivity index is 3.06. The van der Waals surface area contributed by atoms with E-state index < -0.39 is 5.97 Å². The maximum atomic E-state index is 11.5. The summed E-state index contributed by atoms with van der Waals surface area (Å²) in [6.45, 7) is 4.65. The van der Waals surface area contributed by atoms with Gasteiger partial charge in [0.15, 0.2) is 15.2 Å². The van der Waals surface area contributed by atoms with Crippen LogP contribution in [0, 0.1) is 0 Å². The molecule has 7 heteroatoms. The molecule has 0 atom stereocenters. The second-order valence-electron chi connectivity index (χ2n) is 4.00. The van der Waals surface area contributed by atoms with Gasteiger partial charge in [-0.3, -0.25) is 0 Å². The second kappa shape index (κ2) is 7.67. The van der Waals surface area contributed by atoms with Gasteiger partial charge in [-0.1, -0.05) is 36.8 Å². The molecule has 0 aliphatic carbocycles. The zero-order chi connectivity index (χ0) is 14.4. The molecule has 0 saturated carbocycles. The third kappa shape index (κ3) is 3.81. The lowest BCUT2D eigenvalue weighted by molar-refractivity contribution is 0.0606. The molecule has 1 rings (SSSR count). The molecule has 0 bridgehead atoms. The van der Waals surface area contributed by atoms with Crippen molar-refractivity contribution in [3.05, 3.63) is 10.0 Å². The largest absolute Gasteiger partial charge is 0.465 e. The van der Waals surface area contributed by atoms with E-state index in [9.17, 15) is 9.90 Å². The van der Waals surface area contributed by atoms with Crippen LogP contribution in [0.5, 0.6) is 0 Å². The number of thiazole rings is 1. The van der Waals surface area contributed by atoms with Crippen LogP contribution in [0.2, 0.25) is 5.15 Å². The first-order valence-electron chi connectivity index (χ1n) is 6.21. The van der Waals surface area contributed by atoms with Gasteiger partial charge in [-0.2, -0.15) is 0 Å². The van der Waals surface area contributed by atoms with Crippen molar-refractivity contribution in [1.29, 1.82) is 0 Å². The lowest BCUT2D eigenvalue weighted by Crippen LogP contribution is -2.36. The summed E-state index contributed by atoms with van der Waals surface area (Å²) < 4.78 is 4.66. The molecule has 1 aromatic heterocycles. The van der Waals surface area contributed by atoms with E-state index in [1.807, 2.05) is 4.90 Å². The van der Waals surface area contributed by atoms with E-state index in [4.69, 9.17) is 11.6 Å². The Bertz CT molecular complexity index is 421. The fourth-order valence-electron chi connectivity index (χ4n) is 1.90. The summed E-state index contributed by atoms with van der Waals surface area (Å²) in [5, 5.41) is 9.98. The van der Waals surface area contributed by atoms with Crippen molar-refractivity contribution in [3.63, 3.8) is 0 Å². The van der Waals surface area contributed by atoms with Gasteiger partial charge in [-0.15, -0.1) is 0 Å². The lowest BCUT2D eigenvalue weighted by Gasteiger charge is -2.29. The molecule has 0 spiro atoms. The van der Waals surface area contributed by atoms with Gasteiger partial charge in [0.05, 0.1) is 13.7 Å². The van der Waals surface area contributed by atoms with Crippen LogP contribution < -0.4 is 4.90 Å². The molecule has 0 aliphatic rings. The summed E-state index contributed by atoms with van der Waals surface area (Å²) in [5.74, 6) is -0.484. The maximum Gasteiger partial charge on any atom is 0.351 e. The number of anilines is 1. The second-order valence-corrected chi connectivity index (χ2v) is 5.33. The number of esters is 1. The smallest absolute Gasteiger partial charge is 0.351 e. The van der Waals surface area contributed by atoms with Gasteiger partial charge in [0.1, 0.15) is 0 Å². The molecule has 0 saturated heterocycles. The minimum Gasteiger partial charge on any atom is -0.465 e. The standard InChI is InChI=1S/C12H19ClN2O3S/c1-4-8(5-2)15(6-7-16)12-14-10(13)9(19-12)11(17)18-3/h8,16H,4-7H2,1-3H3. The molecule has 0 radical (unpaired) electrons. The Morgan fingerprint density at radius 3 is 2.63 bits per heavy atom. The molecule has 1 N–H and O–H groups in total. The van der Waals surface area contributed by atoms with Crippen molar-refractivity contribution in [1.82, 2.24) is 4.98 Å². The molecule has 5 nitrogen and oxygen atoms in total. The third-order valence-corrected chi connectivity index (χ3v) is 4.37. The van der Waals surface area contributed by atoms with Crippen molar-refractivity contribution in [2.75, 3.05) is 25.2 Å². The highest BCUT2D eigenvalue weighted by molar-refractivity contribution is 7.18. The van der Waals surface area contributed by atoms with E-state index in [0.29, 0.717) is 16.6 Å². The number of rotatable bonds is 7. The molecular formula is C12H19ClN2O3S. The van der Waals surface area contributed by atoms with Crippen LogP contribution in [0.3, 0.4) is 0 Å². The SMILES string of the molecule is CCC(CC)N(CCO)c1nc(Cl)c(C(=O)OC)s1. The van der Waals surface area contributed by atoms with Crippen LogP contribution >= 0.6 is 22.9 Å². The van der Waals surface area contributed by atoms with Crippen LogP contribution in [0.25, 0.3) is 0 Å². The van der Waals surface area contributed by atoms with Crippen molar-refractivity contribution in [3.8, 4) is 0 Å². The number of carbonyl (C=O) groups excluding carboxylic acids is 1. The fraction of sp³-hybridized carbons (Fsp3) is 0.667. The molecule has 0 aliphatic heterocycles.